The largest absolute Gasteiger partial charge is 0.389 e. The summed E-state index contributed by atoms with van der Waals surface area (Å²) in [6, 6.07) is 31.1. The third kappa shape index (κ3) is 5.99. The van der Waals surface area contributed by atoms with Gasteiger partial charge in [-0.25, -0.2) is 0 Å². The highest BCUT2D eigenvalue weighted by atomic mass is 32.2. The van der Waals surface area contributed by atoms with E-state index >= 15 is 0 Å². The Morgan fingerprint density at radius 1 is 0.714 bits per heavy atom. The number of hydrogen-bond acceptors (Lipinski definition) is 5. The van der Waals surface area contributed by atoms with Crippen LogP contribution in [0.4, 0.5) is 0 Å². The van der Waals surface area contributed by atoms with Crippen molar-refractivity contribution in [3.8, 4) is 0 Å². The molecule has 5 rings (SSSR count). The molecule has 2 saturated heterocycles. The number of rotatable bonds is 7. The van der Waals surface area contributed by atoms with Crippen LogP contribution in [0.25, 0.3) is 0 Å². The molecule has 0 aromatic heterocycles. The van der Waals surface area contributed by atoms with E-state index in [4.69, 9.17) is 14.2 Å². The lowest BCUT2D eigenvalue weighted by atomic mass is 9.94. The van der Waals surface area contributed by atoms with Crippen LogP contribution >= 0.6 is 11.8 Å². The summed E-state index contributed by atoms with van der Waals surface area (Å²) in [5.74, 6) is -0.777. The number of hydrogen-bond donors (Lipinski definition) is 1. The van der Waals surface area contributed by atoms with Crippen molar-refractivity contribution in [3.63, 3.8) is 0 Å². The Morgan fingerprint density at radius 2 is 1.20 bits per heavy atom. The van der Waals surface area contributed by atoms with Crippen molar-refractivity contribution in [1.29, 1.82) is 0 Å². The van der Waals surface area contributed by atoms with E-state index in [0.29, 0.717) is 6.61 Å². The topological polar surface area (TPSA) is 47.9 Å². The first-order valence-corrected chi connectivity index (χ1v) is 13.4. The fraction of sp³-hybridized carbons (Fsp3) is 0.400. The highest BCUT2D eigenvalue weighted by Crippen LogP contribution is 2.44. The van der Waals surface area contributed by atoms with Crippen molar-refractivity contribution in [1.82, 2.24) is 0 Å². The van der Waals surface area contributed by atoms with E-state index in [1.165, 1.54) is 11.1 Å². The van der Waals surface area contributed by atoms with Gasteiger partial charge in [-0.15, -0.1) is 11.8 Å². The van der Waals surface area contributed by atoms with Gasteiger partial charge in [0.05, 0.1) is 18.8 Å². The monoisotopic (exact) mass is 490 g/mol. The Labute approximate surface area is 212 Å². The molecular weight excluding hydrogens is 456 g/mol. The molecule has 5 heteroatoms. The van der Waals surface area contributed by atoms with Crippen LogP contribution in [0.3, 0.4) is 0 Å². The van der Waals surface area contributed by atoms with Crippen molar-refractivity contribution >= 4 is 11.8 Å². The number of aliphatic hydroxyl groups is 1. The van der Waals surface area contributed by atoms with Gasteiger partial charge in [-0.1, -0.05) is 91.0 Å². The van der Waals surface area contributed by atoms with Gasteiger partial charge in [0, 0.05) is 10.5 Å². The summed E-state index contributed by atoms with van der Waals surface area (Å²) >= 11 is 1.82. The second-order valence-electron chi connectivity index (χ2n) is 9.91. The molecule has 0 unspecified atom stereocenters. The Kier molecular flexibility index (Phi) is 7.61. The third-order valence-corrected chi connectivity index (χ3v) is 8.35. The van der Waals surface area contributed by atoms with E-state index in [9.17, 15) is 5.11 Å². The zero-order valence-electron chi connectivity index (χ0n) is 20.3. The van der Waals surface area contributed by atoms with E-state index in [0.717, 1.165) is 18.4 Å². The molecule has 2 fully saturated rings. The summed E-state index contributed by atoms with van der Waals surface area (Å²) in [6.45, 7) is 4.34. The molecule has 3 aromatic rings. The Morgan fingerprint density at radius 3 is 1.77 bits per heavy atom. The van der Waals surface area contributed by atoms with Crippen LogP contribution in [0.15, 0.2) is 91.0 Å². The molecule has 0 amide bonds. The predicted molar refractivity (Wildman–Crippen MR) is 140 cm³/mol. The van der Waals surface area contributed by atoms with Crippen molar-refractivity contribution in [2.24, 2.45) is 0 Å². The first kappa shape index (κ1) is 24.5. The fourth-order valence-corrected chi connectivity index (χ4v) is 6.87. The molecule has 0 bridgehead atoms. The maximum atomic E-state index is 11.6. The molecule has 2 aliphatic heterocycles. The fourth-order valence-electron chi connectivity index (χ4n) is 5.14. The average Bonchev–Trinajstić information content (AvgIpc) is 3.16. The second-order valence-corrected chi connectivity index (χ2v) is 11.4. The molecule has 6 atom stereocenters. The maximum Gasteiger partial charge on any atom is 0.164 e. The molecular formula is C30H34O4S. The van der Waals surface area contributed by atoms with Crippen LogP contribution in [0.5, 0.6) is 0 Å². The molecule has 4 nitrogen and oxygen atoms in total. The number of ether oxygens (including phenoxy) is 3. The second kappa shape index (κ2) is 10.9. The SMILES string of the molecule is CC1(C)O[C@H]2[C@@H](OCc3ccccc3)[C@@H](Cc3ccccc3)S[C@H](Cc3ccccc3)[C@H](O)[C@@H]2O1. The van der Waals surface area contributed by atoms with Crippen molar-refractivity contribution < 1.29 is 19.3 Å². The lowest BCUT2D eigenvalue weighted by Gasteiger charge is -2.31. The molecule has 2 aliphatic rings. The number of aliphatic hydroxyl groups excluding tert-OH is 1. The van der Waals surface area contributed by atoms with Gasteiger partial charge in [0.15, 0.2) is 5.79 Å². The molecule has 2 heterocycles. The van der Waals surface area contributed by atoms with Crippen LogP contribution in [0.1, 0.15) is 30.5 Å². The lowest BCUT2D eigenvalue weighted by Crippen LogP contribution is -2.46. The van der Waals surface area contributed by atoms with Gasteiger partial charge in [-0.2, -0.15) is 0 Å². The number of benzene rings is 3. The quantitative estimate of drug-likeness (QED) is 0.479. The van der Waals surface area contributed by atoms with E-state index in [2.05, 4.69) is 60.7 Å². The van der Waals surface area contributed by atoms with Crippen LogP contribution in [0.2, 0.25) is 0 Å². The van der Waals surface area contributed by atoms with E-state index < -0.39 is 18.0 Å². The standard InChI is InChI=1S/C30H34O4S/c1-30(2)33-28-26(31)24(18-21-12-6-3-7-13-21)35-25(19-22-14-8-4-9-15-22)27(29(28)34-30)32-20-23-16-10-5-11-17-23/h3-17,24-29,31H,18-20H2,1-2H3/t24-,25-,26+,27+,28+,29+/m1/s1. The molecule has 0 saturated carbocycles. The van der Waals surface area contributed by atoms with Crippen LogP contribution in [-0.4, -0.2) is 45.8 Å². The maximum absolute atomic E-state index is 11.6. The van der Waals surface area contributed by atoms with Gasteiger partial charge in [-0.05, 0) is 43.4 Å². The number of thioether (sulfide) groups is 1. The highest BCUT2D eigenvalue weighted by Gasteiger charge is 2.55. The van der Waals surface area contributed by atoms with Crippen molar-refractivity contribution in [2.75, 3.05) is 0 Å². The Balaban J connectivity index is 1.48. The zero-order valence-corrected chi connectivity index (χ0v) is 21.1. The molecule has 1 N–H and O–H groups in total. The predicted octanol–water partition coefficient (Wildman–Crippen LogP) is 5.42. The molecule has 0 radical (unpaired) electrons. The van der Waals surface area contributed by atoms with E-state index in [1.54, 1.807) is 0 Å². The molecule has 184 valence electrons. The van der Waals surface area contributed by atoms with Gasteiger partial charge in [0.1, 0.15) is 12.2 Å². The lowest BCUT2D eigenvalue weighted by molar-refractivity contribution is -0.164. The van der Waals surface area contributed by atoms with E-state index in [1.807, 2.05) is 55.9 Å². The zero-order chi connectivity index (χ0) is 24.3. The normalized spacial score (nSPS) is 29.9. The summed E-state index contributed by atoms with van der Waals surface area (Å²) in [7, 11) is 0. The summed E-state index contributed by atoms with van der Waals surface area (Å²) in [5, 5.41) is 11.7. The van der Waals surface area contributed by atoms with Crippen molar-refractivity contribution in [3.05, 3.63) is 108 Å². The molecule has 35 heavy (non-hydrogen) atoms. The van der Waals surface area contributed by atoms with Gasteiger partial charge >= 0.3 is 0 Å². The smallest absolute Gasteiger partial charge is 0.164 e. The molecule has 0 spiro atoms. The third-order valence-electron chi connectivity index (χ3n) is 6.77. The van der Waals surface area contributed by atoms with Gasteiger partial charge in [0.2, 0.25) is 0 Å². The summed E-state index contributed by atoms with van der Waals surface area (Å²) in [6.07, 6.45) is -0.122. The van der Waals surface area contributed by atoms with Crippen LogP contribution < -0.4 is 0 Å². The summed E-state index contributed by atoms with van der Waals surface area (Å²) in [4.78, 5) is 0. The first-order chi connectivity index (χ1) is 17.0. The highest BCUT2D eigenvalue weighted by molar-refractivity contribution is 8.00. The minimum absolute atomic E-state index is 0.0403. The average molecular weight is 491 g/mol. The van der Waals surface area contributed by atoms with Gasteiger partial charge in [-0.3, -0.25) is 0 Å². The minimum atomic E-state index is -0.777. The van der Waals surface area contributed by atoms with E-state index in [-0.39, 0.29) is 22.7 Å². The van der Waals surface area contributed by atoms with Crippen LogP contribution in [0, 0.1) is 0 Å². The summed E-state index contributed by atoms with van der Waals surface area (Å²) < 4.78 is 19.4. The first-order valence-electron chi connectivity index (χ1n) is 12.4. The van der Waals surface area contributed by atoms with Crippen LogP contribution in [-0.2, 0) is 33.7 Å². The Bertz CT molecular complexity index is 1060. The molecule has 3 aromatic carbocycles. The minimum Gasteiger partial charge on any atom is -0.389 e. The van der Waals surface area contributed by atoms with Gasteiger partial charge < -0.3 is 19.3 Å². The van der Waals surface area contributed by atoms with Gasteiger partial charge in [0.25, 0.3) is 0 Å². The van der Waals surface area contributed by atoms with Crippen molar-refractivity contribution in [2.45, 2.75) is 74.0 Å². The molecule has 0 aliphatic carbocycles. The Hall–Kier alpha value is -2.15. The summed E-state index contributed by atoms with van der Waals surface area (Å²) in [5.41, 5.74) is 3.58. The number of fused-ring (bicyclic) bond motifs is 1.